The lowest BCUT2D eigenvalue weighted by atomic mass is 10.0. The first kappa shape index (κ1) is 10.8. The fraction of sp³-hybridized carbons (Fsp3) is 0.455. The molecule has 0 fully saturated rings. The van der Waals surface area contributed by atoms with Crippen molar-refractivity contribution in [2.75, 3.05) is 19.0 Å². The van der Waals surface area contributed by atoms with Crippen LogP contribution in [0.2, 0.25) is 0 Å². The van der Waals surface area contributed by atoms with Crippen molar-refractivity contribution in [1.29, 1.82) is 0 Å². The summed E-state index contributed by atoms with van der Waals surface area (Å²) in [5, 5.41) is 0. The number of nitrogens with zero attached hydrogens (tertiary/aromatic N) is 1. The first-order valence-electron chi connectivity index (χ1n) is 4.49. The van der Waals surface area contributed by atoms with Gasteiger partial charge in [-0.1, -0.05) is 19.9 Å². The van der Waals surface area contributed by atoms with Crippen molar-refractivity contribution in [3.05, 3.63) is 27.3 Å². The lowest BCUT2D eigenvalue weighted by Gasteiger charge is -2.19. The van der Waals surface area contributed by atoms with Crippen molar-refractivity contribution in [3.63, 3.8) is 0 Å². The van der Waals surface area contributed by atoms with Gasteiger partial charge in [0.25, 0.3) is 0 Å². The van der Waals surface area contributed by atoms with E-state index >= 15 is 0 Å². The Morgan fingerprint density at radius 1 is 1.23 bits per heavy atom. The zero-order chi connectivity index (χ0) is 10.0. The number of halogens is 1. The summed E-state index contributed by atoms with van der Waals surface area (Å²) in [6, 6.07) is 6.63. The van der Waals surface area contributed by atoms with Gasteiger partial charge in [0, 0.05) is 23.4 Å². The summed E-state index contributed by atoms with van der Waals surface area (Å²) < 4.78 is 1.30. The molecule has 0 amide bonds. The Balaban J connectivity index is 3.19. The second kappa shape index (κ2) is 4.31. The quantitative estimate of drug-likeness (QED) is 0.753. The maximum Gasteiger partial charge on any atom is 0.0406 e. The van der Waals surface area contributed by atoms with Crippen molar-refractivity contribution in [1.82, 2.24) is 0 Å². The van der Waals surface area contributed by atoms with Crippen molar-refractivity contribution in [2.45, 2.75) is 19.8 Å². The second-order valence-corrected chi connectivity index (χ2v) is 5.00. The van der Waals surface area contributed by atoms with E-state index in [4.69, 9.17) is 0 Å². The van der Waals surface area contributed by atoms with Crippen molar-refractivity contribution in [2.24, 2.45) is 0 Å². The van der Waals surface area contributed by atoms with Gasteiger partial charge >= 0.3 is 0 Å². The SMILES string of the molecule is CC(C)c1ccc(I)cc1N(C)C. The van der Waals surface area contributed by atoms with Gasteiger partial charge in [0.05, 0.1) is 0 Å². The topological polar surface area (TPSA) is 3.24 Å². The highest BCUT2D eigenvalue weighted by Gasteiger charge is 2.07. The number of hydrogen-bond donors (Lipinski definition) is 0. The number of benzene rings is 1. The molecule has 0 aliphatic rings. The first-order valence-corrected chi connectivity index (χ1v) is 5.57. The van der Waals surface area contributed by atoms with Gasteiger partial charge in [0.1, 0.15) is 0 Å². The molecule has 0 aromatic heterocycles. The third kappa shape index (κ3) is 2.59. The van der Waals surface area contributed by atoms with Crippen LogP contribution in [0.3, 0.4) is 0 Å². The minimum Gasteiger partial charge on any atom is -0.377 e. The van der Waals surface area contributed by atoms with Gasteiger partial charge in [-0.15, -0.1) is 0 Å². The molecule has 0 aliphatic carbocycles. The average molecular weight is 289 g/mol. The molecule has 13 heavy (non-hydrogen) atoms. The molecule has 0 radical (unpaired) electrons. The van der Waals surface area contributed by atoms with E-state index < -0.39 is 0 Å². The fourth-order valence-electron chi connectivity index (χ4n) is 1.39. The molecule has 72 valence electrons. The van der Waals surface area contributed by atoms with E-state index in [1.807, 2.05) is 0 Å². The van der Waals surface area contributed by atoms with Gasteiger partial charge < -0.3 is 4.90 Å². The van der Waals surface area contributed by atoms with Crippen LogP contribution < -0.4 is 4.90 Å². The summed E-state index contributed by atoms with van der Waals surface area (Å²) in [4.78, 5) is 2.18. The third-order valence-electron chi connectivity index (χ3n) is 2.10. The standard InChI is InChI=1S/C11H16IN/c1-8(2)10-6-5-9(12)7-11(10)13(3)4/h5-8H,1-4H3. The van der Waals surface area contributed by atoms with E-state index in [0.717, 1.165) is 0 Å². The molecule has 1 rings (SSSR count). The molecule has 1 nitrogen and oxygen atoms in total. The molecule has 0 N–H and O–H groups in total. The van der Waals surface area contributed by atoms with Crippen LogP contribution in [-0.2, 0) is 0 Å². The van der Waals surface area contributed by atoms with Gasteiger partial charge in [-0.3, -0.25) is 0 Å². The second-order valence-electron chi connectivity index (χ2n) is 3.75. The normalized spacial score (nSPS) is 10.6. The van der Waals surface area contributed by atoms with Crippen LogP contribution in [0.5, 0.6) is 0 Å². The molecule has 0 saturated heterocycles. The molecular formula is C11H16IN. The molecule has 0 spiro atoms. The summed E-state index contributed by atoms with van der Waals surface area (Å²) in [5.74, 6) is 0.592. The van der Waals surface area contributed by atoms with Crippen LogP contribution in [0.25, 0.3) is 0 Å². The third-order valence-corrected chi connectivity index (χ3v) is 2.77. The lowest BCUT2D eigenvalue weighted by molar-refractivity contribution is 0.858. The highest BCUT2D eigenvalue weighted by Crippen LogP contribution is 2.27. The van der Waals surface area contributed by atoms with Crippen molar-refractivity contribution in [3.8, 4) is 0 Å². The van der Waals surface area contributed by atoms with Gasteiger partial charge in [0.2, 0.25) is 0 Å². The summed E-state index contributed by atoms with van der Waals surface area (Å²) in [6.45, 7) is 4.46. The van der Waals surface area contributed by atoms with Gasteiger partial charge in [-0.05, 0) is 46.2 Å². The molecule has 0 unspecified atom stereocenters. The fourth-order valence-corrected chi connectivity index (χ4v) is 1.87. The number of rotatable bonds is 2. The Bertz CT molecular complexity index is 292. The van der Waals surface area contributed by atoms with Crippen LogP contribution in [0, 0.1) is 3.57 Å². The van der Waals surface area contributed by atoms with Crippen LogP contribution in [-0.4, -0.2) is 14.1 Å². The van der Waals surface area contributed by atoms with Crippen LogP contribution in [0.1, 0.15) is 25.3 Å². The van der Waals surface area contributed by atoms with Gasteiger partial charge in [0.15, 0.2) is 0 Å². The summed E-state index contributed by atoms with van der Waals surface area (Å²) in [6.07, 6.45) is 0. The minimum absolute atomic E-state index is 0.592. The Morgan fingerprint density at radius 2 is 1.85 bits per heavy atom. The molecule has 0 heterocycles. The molecule has 2 heteroatoms. The Labute approximate surface area is 94.3 Å². The molecule has 0 saturated carbocycles. The van der Waals surface area contributed by atoms with E-state index in [1.165, 1.54) is 14.8 Å². The van der Waals surface area contributed by atoms with E-state index in [-0.39, 0.29) is 0 Å². The minimum atomic E-state index is 0.592. The molecule has 0 atom stereocenters. The largest absolute Gasteiger partial charge is 0.377 e. The number of hydrogen-bond acceptors (Lipinski definition) is 1. The number of anilines is 1. The summed E-state index contributed by atoms with van der Waals surface area (Å²) in [5.41, 5.74) is 2.76. The van der Waals surface area contributed by atoms with Gasteiger partial charge in [-0.2, -0.15) is 0 Å². The predicted molar refractivity (Wildman–Crippen MR) is 67.6 cm³/mol. The monoisotopic (exact) mass is 289 g/mol. The molecule has 1 aromatic carbocycles. The first-order chi connectivity index (χ1) is 6.02. The van der Waals surface area contributed by atoms with Crippen LogP contribution in [0.4, 0.5) is 5.69 Å². The van der Waals surface area contributed by atoms with E-state index in [0.29, 0.717) is 5.92 Å². The molecule has 1 aromatic rings. The van der Waals surface area contributed by atoms with E-state index in [9.17, 15) is 0 Å². The zero-order valence-corrected chi connectivity index (χ0v) is 10.8. The maximum atomic E-state index is 2.35. The Morgan fingerprint density at radius 3 is 2.31 bits per heavy atom. The smallest absolute Gasteiger partial charge is 0.0406 e. The summed E-state index contributed by atoms with van der Waals surface area (Å²) in [7, 11) is 4.19. The Kier molecular flexibility index (Phi) is 3.59. The van der Waals surface area contributed by atoms with Gasteiger partial charge in [-0.25, -0.2) is 0 Å². The average Bonchev–Trinajstić information content (AvgIpc) is 2.03. The van der Waals surface area contributed by atoms with E-state index in [2.05, 4.69) is 73.6 Å². The Hall–Kier alpha value is -0.250. The zero-order valence-electron chi connectivity index (χ0n) is 8.63. The predicted octanol–water partition coefficient (Wildman–Crippen LogP) is 3.48. The van der Waals surface area contributed by atoms with E-state index in [1.54, 1.807) is 0 Å². The van der Waals surface area contributed by atoms with Crippen LogP contribution in [0.15, 0.2) is 18.2 Å². The van der Waals surface area contributed by atoms with Crippen molar-refractivity contribution >= 4 is 28.3 Å². The van der Waals surface area contributed by atoms with Crippen molar-refractivity contribution < 1.29 is 0 Å². The lowest BCUT2D eigenvalue weighted by Crippen LogP contribution is -2.12. The molecule has 0 bridgehead atoms. The highest BCUT2D eigenvalue weighted by atomic mass is 127. The maximum absolute atomic E-state index is 2.35. The van der Waals surface area contributed by atoms with Crippen LogP contribution >= 0.6 is 22.6 Å². The highest BCUT2D eigenvalue weighted by molar-refractivity contribution is 14.1. The molecular weight excluding hydrogens is 273 g/mol. The molecule has 0 aliphatic heterocycles. The summed E-state index contributed by atoms with van der Waals surface area (Å²) >= 11 is 2.35.